The summed E-state index contributed by atoms with van der Waals surface area (Å²) in [7, 11) is 0. The van der Waals surface area contributed by atoms with Crippen LogP contribution in [0.3, 0.4) is 0 Å². The first-order valence-corrected chi connectivity index (χ1v) is 5.90. The molecule has 1 fully saturated rings. The lowest BCUT2D eigenvalue weighted by Crippen LogP contribution is -2.40. The molecule has 2 rings (SSSR count). The van der Waals surface area contributed by atoms with Crippen LogP contribution >= 0.6 is 0 Å². The maximum absolute atomic E-state index is 12.1. The zero-order chi connectivity index (χ0) is 13.1. The number of likely N-dealkylation sites (tertiary alicyclic amines) is 1. The highest BCUT2D eigenvalue weighted by Gasteiger charge is 2.27. The van der Waals surface area contributed by atoms with E-state index in [9.17, 15) is 9.59 Å². The van der Waals surface area contributed by atoms with Crippen molar-refractivity contribution in [2.75, 3.05) is 13.1 Å². The lowest BCUT2D eigenvalue weighted by molar-refractivity contribution is -0.143. The minimum absolute atomic E-state index is 0.175. The highest BCUT2D eigenvalue weighted by molar-refractivity contribution is 5.92. The van der Waals surface area contributed by atoms with Crippen molar-refractivity contribution in [2.24, 2.45) is 5.92 Å². The van der Waals surface area contributed by atoms with Crippen LogP contribution < -0.4 is 0 Å². The molecular formula is C12H15N3O3. The van der Waals surface area contributed by atoms with Crippen molar-refractivity contribution < 1.29 is 14.7 Å². The molecule has 0 aromatic carbocycles. The first-order valence-electron chi connectivity index (χ1n) is 5.90. The van der Waals surface area contributed by atoms with E-state index in [0.29, 0.717) is 31.6 Å². The molecule has 1 N–H and O–H groups in total. The molecule has 0 aliphatic carbocycles. The third-order valence-corrected chi connectivity index (χ3v) is 3.15. The Morgan fingerprint density at radius 2 is 1.94 bits per heavy atom. The standard InChI is InChI=1S/C12H15N3O3/c1-8-2-3-10(14-13-8)11(16)15-6-4-9(5-7-15)12(17)18/h2-3,9H,4-7H2,1H3,(H,17,18). The minimum Gasteiger partial charge on any atom is -0.481 e. The number of nitrogens with zero attached hydrogens (tertiary/aromatic N) is 3. The van der Waals surface area contributed by atoms with E-state index in [2.05, 4.69) is 10.2 Å². The van der Waals surface area contributed by atoms with E-state index < -0.39 is 5.97 Å². The molecule has 1 saturated heterocycles. The number of hydrogen-bond donors (Lipinski definition) is 1. The Morgan fingerprint density at radius 1 is 1.28 bits per heavy atom. The molecule has 0 radical (unpaired) electrons. The molecule has 1 aromatic rings. The van der Waals surface area contributed by atoms with Gasteiger partial charge in [0.25, 0.3) is 5.91 Å². The third kappa shape index (κ3) is 2.64. The molecule has 0 bridgehead atoms. The molecule has 0 unspecified atom stereocenters. The summed E-state index contributed by atoms with van der Waals surface area (Å²) in [6.07, 6.45) is 1.00. The number of carbonyl (C=O) groups excluding carboxylic acids is 1. The largest absolute Gasteiger partial charge is 0.481 e. The van der Waals surface area contributed by atoms with Crippen molar-refractivity contribution in [1.29, 1.82) is 0 Å². The van der Waals surface area contributed by atoms with Crippen LogP contribution in [0.25, 0.3) is 0 Å². The maximum atomic E-state index is 12.1. The zero-order valence-electron chi connectivity index (χ0n) is 10.2. The molecule has 96 valence electrons. The number of piperidine rings is 1. The summed E-state index contributed by atoms with van der Waals surface area (Å²) in [5.41, 5.74) is 1.07. The van der Waals surface area contributed by atoms with Gasteiger partial charge in [0, 0.05) is 13.1 Å². The van der Waals surface area contributed by atoms with Gasteiger partial charge in [-0.2, -0.15) is 5.10 Å². The van der Waals surface area contributed by atoms with E-state index >= 15 is 0 Å². The SMILES string of the molecule is Cc1ccc(C(=O)N2CCC(C(=O)O)CC2)nn1. The summed E-state index contributed by atoms with van der Waals surface area (Å²) in [4.78, 5) is 24.5. The summed E-state index contributed by atoms with van der Waals surface area (Å²) in [5.74, 6) is -1.29. The second-order valence-electron chi connectivity index (χ2n) is 4.46. The van der Waals surface area contributed by atoms with Crippen LogP contribution in [0.15, 0.2) is 12.1 Å². The smallest absolute Gasteiger partial charge is 0.306 e. The average molecular weight is 249 g/mol. The zero-order valence-corrected chi connectivity index (χ0v) is 10.2. The Labute approximate surface area is 105 Å². The predicted octanol–water partition coefficient (Wildman–Crippen LogP) is 0.722. The van der Waals surface area contributed by atoms with Gasteiger partial charge in [-0.3, -0.25) is 9.59 Å². The van der Waals surface area contributed by atoms with Crippen LogP contribution in [-0.2, 0) is 4.79 Å². The number of carboxylic acid groups (broad SMARTS) is 1. The van der Waals surface area contributed by atoms with Crippen molar-refractivity contribution in [3.63, 3.8) is 0 Å². The van der Waals surface area contributed by atoms with Gasteiger partial charge in [0.2, 0.25) is 0 Å². The van der Waals surface area contributed by atoms with Gasteiger partial charge >= 0.3 is 5.97 Å². The fourth-order valence-corrected chi connectivity index (χ4v) is 2.00. The van der Waals surface area contributed by atoms with E-state index in [1.54, 1.807) is 24.0 Å². The van der Waals surface area contributed by atoms with Gasteiger partial charge in [0.05, 0.1) is 11.6 Å². The summed E-state index contributed by atoms with van der Waals surface area (Å²) in [5, 5.41) is 16.6. The fourth-order valence-electron chi connectivity index (χ4n) is 2.00. The predicted molar refractivity (Wildman–Crippen MR) is 63.0 cm³/mol. The van der Waals surface area contributed by atoms with Crippen molar-refractivity contribution in [1.82, 2.24) is 15.1 Å². The van der Waals surface area contributed by atoms with Crippen molar-refractivity contribution in [2.45, 2.75) is 19.8 Å². The quantitative estimate of drug-likeness (QED) is 0.835. The van der Waals surface area contributed by atoms with Crippen LogP contribution in [0, 0.1) is 12.8 Å². The van der Waals surface area contributed by atoms with Crippen LogP contribution in [0.5, 0.6) is 0 Å². The van der Waals surface area contributed by atoms with E-state index in [1.165, 1.54) is 0 Å². The second kappa shape index (κ2) is 5.12. The van der Waals surface area contributed by atoms with Crippen LogP contribution in [0.1, 0.15) is 29.0 Å². The van der Waals surface area contributed by atoms with E-state index in [1.807, 2.05) is 0 Å². The lowest BCUT2D eigenvalue weighted by atomic mass is 9.97. The normalized spacial score (nSPS) is 16.6. The molecule has 6 nitrogen and oxygen atoms in total. The Morgan fingerprint density at radius 3 is 2.44 bits per heavy atom. The Balaban J connectivity index is 1.99. The summed E-state index contributed by atoms with van der Waals surface area (Å²) in [6.45, 7) is 2.73. The van der Waals surface area contributed by atoms with Crippen LogP contribution in [-0.4, -0.2) is 45.2 Å². The highest BCUT2D eigenvalue weighted by Crippen LogP contribution is 2.18. The number of hydrogen-bond acceptors (Lipinski definition) is 4. The highest BCUT2D eigenvalue weighted by atomic mass is 16.4. The molecule has 0 atom stereocenters. The molecule has 18 heavy (non-hydrogen) atoms. The second-order valence-corrected chi connectivity index (χ2v) is 4.46. The Hall–Kier alpha value is -1.98. The Bertz CT molecular complexity index is 450. The lowest BCUT2D eigenvalue weighted by Gasteiger charge is -2.29. The number of aromatic nitrogens is 2. The first-order chi connectivity index (χ1) is 8.58. The van der Waals surface area contributed by atoms with Gasteiger partial charge in [0.1, 0.15) is 0 Å². The number of aliphatic carboxylic acids is 1. The summed E-state index contributed by atoms with van der Waals surface area (Å²) >= 11 is 0. The molecule has 0 saturated carbocycles. The number of aryl methyl sites for hydroxylation is 1. The molecule has 1 amide bonds. The van der Waals surface area contributed by atoms with E-state index in [4.69, 9.17) is 5.11 Å². The third-order valence-electron chi connectivity index (χ3n) is 3.15. The van der Waals surface area contributed by atoms with Crippen LogP contribution in [0.4, 0.5) is 0 Å². The average Bonchev–Trinajstić information content (AvgIpc) is 2.39. The van der Waals surface area contributed by atoms with Crippen molar-refractivity contribution >= 4 is 11.9 Å². The molecule has 6 heteroatoms. The van der Waals surface area contributed by atoms with Crippen molar-refractivity contribution in [3.05, 3.63) is 23.5 Å². The fraction of sp³-hybridized carbons (Fsp3) is 0.500. The maximum Gasteiger partial charge on any atom is 0.306 e. The first kappa shape index (κ1) is 12.5. The van der Waals surface area contributed by atoms with E-state index in [0.717, 1.165) is 5.69 Å². The van der Waals surface area contributed by atoms with Gasteiger partial charge in [-0.25, -0.2) is 0 Å². The topological polar surface area (TPSA) is 83.4 Å². The minimum atomic E-state index is -0.780. The molecule has 0 spiro atoms. The monoisotopic (exact) mass is 249 g/mol. The number of amides is 1. The molecular weight excluding hydrogens is 234 g/mol. The number of rotatable bonds is 2. The van der Waals surface area contributed by atoms with Crippen LogP contribution in [0.2, 0.25) is 0 Å². The Kier molecular flexibility index (Phi) is 3.55. The molecule has 1 aliphatic heterocycles. The molecule has 1 aromatic heterocycles. The van der Waals surface area contributed by atoms with Gasteiger partial charge in [-0.1, -0.05) is 0 Å². The van der Waals surface area contributed by atoms with Gasteiger partial charge in [0.15, 0.2) is 5.69 Å². The van der Waals surface area contributed by atoms with Gasteiger partial charge in [-0.05, 0) is 31.9 Å². The number of carboxylic acids is 1. The van der Waals surface area contributed by atoms with Crippen molar-refractivity contribution in [3.8, 4) is 0 Å². The van der Waals surface area contributed by atoms with Gasteiger partial charge < -0.3 is 10.0 Å². The number of carbonyl (C=O) groups is 2. The molecule has 1 aliphatic rings. The molecule has 2 heterocycles. The van der Waals surface area contributed by atoms with E-state index in [-0.39, 0.29) is 11.8 Å². The summed E-state index contributed by atoms with van der Waals surface area (Å²) < 4.78 is 0. The van der Waals surface area contributed by atoms with Gasteiger partial charge in [-0.15, -0.1) is 5.10 Å². The summed E-state index contributed by atoms with van der Waals surface area (Å²) in [6, 6.07) is 3.39.